The average molecular weight is 362 g/mol. The molecule has 1 aromatic heterocycles. The lowest BCUT2D eigenvalue weighted by atomic mass is 9.78. The topological polar surface area (TPSA) is 53.5 Å². The van der Waals surface area contributed by atoms with Crippen molar-refractivity contribution in [3.05, 3.63) is 15.6 Å². The number of thiazole rings is 1. The zero-order valence-corrected chi connectivity index (χ0v) is 16.0. The van der Waals surface area contributed by atoms with Gasteiger partial charge in [0.15, 0.2) is 0 Å². The van der Waals surface area contributed by atoms with Gasteiger partial charge in [-0.15, -0.1) is 11.3 Å². The first-order valence-corrected chi connectivity index (χ1v) is 10.3. The zero-order chi connectivity index (χ0) is 17.6. The molecule has 2 aliphatic heterocycles. The van der Waals surface area contributed by atoms with Crippen LogP contribution < -0.4 is 0 Å². The van der Waals surface area contributed by atoms with Crippen LogP contribution in [0.2, 0.25) is 0 Å². The van der Waals surface area contributed by atoms with Crippen LogP contribution in [0.3, 0.4) is 0 Å². The third-order valence-corrected chi connectivity index (χ3v) is 7.09. The molecule has 0 N–H and O–H groups in total. The van der Waals surface area contributed by atoms with Crippen molar-refractivity contribution in [3.8, 4) is 0 Å². The van der Waals surface area contributed by atoms with Gasteiger partial charge >= 0.3 is 0 Å². The summed E-state index contributed by atoms with van der Waals surface area (Å²) in [5.41, 5.74) is 0.663. The minimum atomic E-state index is -0.304. The van der Waals surface area contributed by atoms with Crippen LogP contribution in [0.4, 0.5) is 0 Å². The summed E-state index contributed by atoms with van der Waals surface area (Å²) in [5.74, 6) is 1.19. The third-order valence-electron chi connectivity index (χ3n) is 6.02. The first-order chi connectivity index (χ1) is 12.0. The lowest BCUT2D eigenvalue weighted by molar-refractivity contribution is -0.146. The molecule has 1 unspecified atom stereocenters. The molecule has 1 spiro atoms. The Kier molecular flexibility index (Phi) is 4.34. The lowest BCUT2D eigenvalue weighted by Crippen LogP contribution is -2.51. The number of rotatable bonds is 4. The van der Waals surface area contributed by atoms with E-state index in [1.807, 2.05) is 18.7 Å². The Labute approximate surface area is 153 Å². The van der Waals surface area contributed by atoms with Gasteiger partial charge in [0.2, 0.25) is 11.8 Å². The van der Waals surface area contributed by atoms with Gasteiger partial charge in [-0.3, -0.25) is 9.59 Å². The summed E-state index contributed by atoms with van der Waals surface area (Å²) >= 11 is 1.61. The summed E-state index contributed by atoms with van der Waals surface area (Å²) in [6.45, 7) is 7.13. The van der Waals surface area contributed by atoms with Crippen LogP contribution in [0.5, 0.6) is 0 Å². The van der Waals surface area contributed by atoms with Crippen LogP contribution in [-0.4, -0.2) is 52.8 Å². The highest BCUT2D eigenvalue weighted by Crippen LogP contribution is 2.42. The van der Waals surface area contributed by atoms with E-state index in [0.29, 0.717) is 18.9 Å². The molecular formula is C19H27N3O2S. The highest BCUT2D eigenvalue weighted by atomic mass is 32.1. The molecule has 2 saturated heterocycles. The maximum absolute atomic E-state index is 13.1. The Morgan fingerprint density at radius 2 is 2.08 bits per heavy atom. The number of nitrogens with zero attached hydrogens (tertiary/aromatic N) is 3. The molecule has 3 heterocycles. The van der Waals surface area contributed by atoms with Crippen molar-refractivity contribution in [1.29, 1.82) is 0 Å². The fourth-order valence-corrected chi connectivity index (χ4v) is 5.32. The maximum atomic E-state index is 13.1. The second-order valence-electron chi connectivity index (χ2n) is 8.06. The van der Waals surface area contributed by atoms with Crippen molar-refractivity contribution < 1.29 is 9.59 Å². The van der Waals surface area contributed by atoms with Crippen molar-refractivity contribution in [2.75, 3.05) is 26.2 Å². The van der Waals surface area contributed by atoms with E-state index in [-0.39, 0.29) is 11.3 Å². The van der Waals surface area contributed by atoms with Crippen LogP contribution in [-0.2, 0) is 16.0 Å². The second-order valence-corrected chi connectivity index (χ2v) is 9.35. The molecule has 5 nitrogen and oxygen atoms in total. The SMILES string of the molecule is Cc1nc(C)c(CC(=O)N2CCC3(CCCN(CC4CC4)C3=O)C2)s1. The minimum absolute atomic E-state index is 0.149. The van der Waals surface area contributed by atoms with Gasteiger partial charge in [0.05, 0.1) is 22.5 Å². The Bertz CT molecular complexity index is 697. The fourth-order valence-electron chi connectivity index (χ4n) is 4.39. The highest BCUT2D eigenvalue weighted by molar-refractivity contribution is 7.11. The number of piperidine rings is 1. The highest BCUT2D eigenvalue weighted by Gasteiger charge is 2.49. The molecule has 1 atom stereocenters. The van der Waals surface area contributed by atoms with Gasteiger partial charge in [0, 0.05) is 31.1 Å². The molecule has 1 aliphatic carbocycles. The predicted molar refractivity (Wildman–Crippen MR) is 97.5 cm³/mol. The van der Waals surface area contributed by atoms with Crippen LogP contribution in [0.25, 0.3) is 0 Å². The monoisotopic (exact) mass is 361 g/mol. The molecule has 1 saturated carbocycles. The normalized spacial score (nSPS) is 26.7. The number of aromatic nitrogens is 1. The van der Waals surface area contributed by atoms with E-state index in [0.717, 1.165) is 60.4 Å². The Balaban J connectivity index is 1.41. The van der Waals surface area contributed by atoms with Gasteiger partial charge in [0.1, 0.15) is 0 Å². The van der Waals surface area contributed by atoms with Gasteiger partial charge in [-0.25, -0.2) is 4.98 Å². The summed E-state index contributed by atoms with van der Waals surface area (Å²) in [6.07, 6.45) is 5.82. The van der Waals surface area contributed by atoms with Crippen molar-refractivity contribution >= 4 is 23.2 Å². The van der Waals surface area contributed by atoms with Crippen molar-refractivity contribution in [2.45, 2.75) is 52.4 Å². The van der Waals surface area contributed by atoms with Crippen LogP contribution >= 0.6 is 11.3 Å². The molecule has 0 aromatic carbocycles. The molecule has 1 aromatic rings. The fraction of sp³-hybridized carbons (Fsp3) is 0.737. The number of carbonyl (C=O) groups is 2. The van der Waals surface area contributed by atoms with E-state index >= 15 is 0 Å². The molecule has 136 valence electrons. The summed E-state index contributed by atoms with van der Waals surface area (Å²) in [7, 11) is 0. The van der Waals surface area contributed by atoms with Crippen LogP contribution in [0.15, 0.2) is 0 Å². The van der Waals surface area contributed by atoms with E-state index in [4.69, 9.17) is 0 Å². The molecule has 0 radical (unpaired) electrons. The molecular weight excluding hydrogens is 334 g/mol. The molecule has 2 amide bonds. The quantitative estimate of drug-likeness (QED) is 0.828. The predicted octanol–water partition coefficient (Wildman–Crippen LogP) is 2.55. The molecule has 3 fully saturated rings. The van der Waals surface area contributed by atoms with E-state index in [9.17, 15) is 9.59 Å². The average Bonchev–Trinajstić information content (AvgIpc) is 3.19. The van der Waals surface area contributed by atoms with Gasteiger partial charge in [-0.05, 0) is 51.9 Å². The first kappa shape index (κ1) is 17.0. The van der Waals surface area contributed by atoms with Crippen molar-refractivity contribution in [1.82, 2.24) is 14.8 Å². The number of hydrogen-bond donors (Lipinski definition) is 0. The third kappa shape index (κ3) is 3.33. The lowest BCUT2D eigenvalue weighted by Gasteiger charge is -2.39. The Morgan fingerprint density at radius 1 is 1.28 bits per heavy atom. The van der Waals surface area contributed by atoms with Crippen molar-refractivity contribution in [2.24, 2.45) is 11.3 Å². The van der Waals surface area contributed by atoms with Crippen molar-refractivity contribution in [3.63, 3.8) is 0 Å². The first-order valence-electron chi connectivity index (χ1n) is 9.47. The molecule has 6 heteroatoms. The van der Waals surface area contributed by atoms with E-state index in [2.05, 4.69) is 9.88 Å². The van der Waals surface area contributed by atoms with Gasteiger partial charge < -0.3 is 9.80 Å². The minimum Gasteiger partial charge on any atom is -0.342 e. The van der Waals surface area contributed by atoms with Gasteiger partial charge in [0.25, 0.3) is 0 Å². The number of hydrogen-bond acceptors (Lipinski definition) is 4. The number of amides is 2. The van der Waals surface area contributed by atoms with Crippen LogP contribution in [0.1, 0.15) is 47.7 Å². The standard InChI is InChI=1S/C19H27N3O2S/c1-13-16(25-14(2)20-13)10-17(23)22-9-7-19(12-22)6-3-8-21(18(19)24)11-15-4-5-15/h15H,3-12H2,1-2H3. The summed E-state index contributed by atoms with van der Waals surface area (Å²) < 4.78 is 0. The zero-order valence-electron chi connectivity index (χ0n) is 15.2. The number of carbonyl (C=O) groups excluding carboxylic acids is 2. The number of aryl methyl sites for hydroxylation is 2. The van der Waals surface area contributed by atoms with E-state index in [1.165, 1.54) is 12.8 Å². The summed E-state index contributed by atoms with van der Waals surface area (Å²) in [6, 6.07) is 0. The molecule has 25 heavy (non-hydrogen) atoms. The van der Waals surface area contributed by atoms with E-state index < -0.39 is 0 Å². The number of likely N-dealkylation sites (tertiary alicyclic amines) is 2. The smallest absolute Gasteiger partial charge is 0.230 e. The Hall–Kier alpha value is -1.43. The molecule has 3 aliphatic rings. The molecule has 0 bridgehead atoms. The summed E-state index contributed by atoms with van der Waals surface area (Å²) in [5, 5.41) is 1.01. The van der Waals surface area contributed by atoms with Crippen LogP contribution in [0, 0.1) is 25.2 Å². The summed E-state index contributed by atoms with van der Waals surface area (Å²) in [4.78, 5) is 35.3. The molecule has 4 rings (SSSR count). The largest absolute Gasteiger partial charge is 0.342 e. The van der Waals surface area contributed by atoms with Gasteiger partial charge in [-0.2, -0.15) is 0 Å². The van der Waals surface area contributed by atoms with Gasteiger partial charge in [-0.1, -0.05) is 0 Å². The Morgan fingerprint density at radius 3 is 2.76 bits per heavy atom. The second kappa shape index (κ2) is 6.38. The maximum Gasteiger partial charge on any atom is 0.230 e. The van der Waals surface area contributed by atoms with E-state index in [1.54, 1.807) is 11.3 Å².